The first kappa shape index (κ1) is 10.4. The van der Waals surface area contributed by atoms with Crippen molar-refractivity contribution in [3.63, 3.8) is 0 Å². The van der Waals surface area contributed by atoms with Gasteiger partial charge in [0.2, 0.25) is 6.20 Å². The van der Waals surface area contributed by atoms with Gasteiger partial charge in [-0.2, -0.15) is 0 Å². The molecule has 0 aliphatic carbocycles. The summed E-state index contributed by atoms with van der Waals surface area (Å²) in [5.74, 6) is 0. The first-order valence-electron chi connectivity index (χ1n) is 5.48. The molecule has 0 saturated carbocycles. The number of aromatic nitrogens is 2. The molecule has 17 heavy (non-hydrogen) atoms. The van der Waals surface area contributed by atoms with Crippen molar-refractivity contribution in [3.8, 4) is 5.69 Å². The lowest BCUT2D eigenvalue weighted by Crippen LogP contribution is -2.36. The van der Waals surface area contributed by atoms with E-state index in [9.17, 15) is 0 Å². The van der Waals surface area contributed by atoms with Crippen molar-refractivity contribution in [3.05, 3.63) is 59.8 Å². The molecule has 0 N–H and O–H groups in total. The molecule has 0 atom stereocenters. The molecule has 0 aliphatic rings. The largest absolute Gasteiger partial charge is 0.203 e. The Morgan fingerprint density at radius 1 is 1.06 bits per heavy atom. The van der Waals surface area contributed by atoms with E-state index in [0.29, 0.717) is 0 Å². The highest BCUT2D eigenvalue weighted by atomic mass is 35.5. The minimum absolute atomic E-state index is 0.750. The van der Waals surface area contributed by atoms with Gasteiger partial charge in [0.15, 0.2) is 7.05 Å². The zero-order valence-corrected chi connectivity index (χ0v) is 10.2. The SMILES string of the molecule is C[n+]1cc2ccccc2n1-c1cccc(Cl)c1. The predicted molar refractivity (Wildman–Crippen MR) is 69.5 cm³/mol. The van der Waals surface area contributed by atoms with Crippen LogP contribution in [0, 0.1) is 0 Å². The number of halogens is 1. The van der Waals surface area contributed by atoms with Crippen LogP contribution >= 0.6 is 11.6 Å². The molecule has 3 heteroatoms. The molecule has 84 valence electrons. The Balaban J connectivity index is 2.33. The molecule has 0 fully saturated rings. The van der Waals surface area contributed by atoms with Gasteiger partial charge in [-0.15, -0.1) is 9.36 Å². The zero-order chi connectivity index (χ0) is 11.8. The van der Waals surface area contributed by atoms with Crippen molar-refractivity contribution in [2.45, 2.75) is 0 Å². The van der Waals surface area contributed by atoms with E-state index in [0.717, 1.165) is 10.7 Å². The molecule has 1 heterocycles. The van der Waals surface area contributed by atoms with Crippen LogP contribution in [0.4, 0.5) is 0 Å². The number of para-hydroxylation sites is 1. The van der Waals surface area contributed by atoms with Crippen molar-refractivity contribution in [2.75, 3.05) is 0 Å². The highest BCUT2D eigenvalue weighted by molar-refractivity contribution is 6.30. The fourth-order valence-electron chi connectivity index (χ4n) is 2.15. The molecule has 3 aromatic rings. The Morgan fingerprint density at radius 2 is 1.88 bits per heavy atom. The Labute approximate surface area is 105 Å². The Kier molecular flexibility index (Phi) is 2.37. The fourth-order valence-corrected chi connectivity index (χ4v) is 2.33. The number of fused-ring (bicyclic) bond motifs is 1. The standard InChI is InChI=1S/C14H12ClN2/c1-16-10-11-5-2-3-8-14(11)17(16)13-7-4-6-12(15)9-13/h2-10H,1H3/q+1. The van der Waals surface area contributed by atoms with Gasteiger partial charge in [0.05, 0.1) is 5.39 Å². The second-order valence-electron chi connectivity index (χ2n) is 4.05. The molecule has 0 spiro atoms. The van der Waals surface area contributed by atoms with Gasteiger partial charge in [0.25, 0.3) is 0 Å². The molecule has 0 unspecified atom stereocenters. The molecular weight excluding hydrogens is 232 g/mol. The summed E-state index contributed by atoms with van der Waals surface area (Å²) in [6.45, 7) is 0. The van der Waals surface area contributed by atoms with E-state index >= 15 is 0 Å². The normalized spacial score (nSPS) is 10.9. The van der Waals surface area contributed by atoms with E-state index in [4.69, 9.17) is 11.6 Å². The maximum atomic E-state index is 6.04. The minimum Gasteiger partial charge on any atom is -0.121 e. The highest BCUT2D eigenvalue weighted by Crippen LogP contribution is 2.19. The maximum Gasteiger partial charge on any atom is 0.203 e. The monoisotopic (exact) mass is 243 g/mol. The number of nitrogens with zero attached hydrogens (tertiary/aromatic N) is 2. The van der Waals surface area contributed by atoms with Gasteiger partial charge < -0.3 is 0 Å². The topological polar surface area (TPSA) is 8.81 Å². The van der Waals surface area contributed by atoms with Gasteiger partial charge >= 0.3 is 0 Å². The third kappa shape index (κ3) is 1.71. The molecule has 2 nitrogen and oxygen atoms in total. The van der Waals surface area contributed by atoms with Crippen molar-refractivity contribution in [1.82, 2.24) is 4.68 Å². The minimum atomic E-state index is 0.750. The quantitative estimate of drug-likeness (QED) is 0.581. The molecule has 0 aliphatic heterocycles. The number of hydrogen-bond acceptors (Lipinski definition) is 0. The average Bonchev–Trinajstić information content (AvgIpc) is 2.64. The summed E-state index contributed by atoms with van der Waals surface area (Å²) in [7, 11) is 2.03. The predicted octanol–water partition coefficient (Wildman–Crippen LogP) is 3.11. The van der Waals surface area contributed by atoms with Crippen LogP contribution < -0.4 is 4.68 Å². The van der Waals surface area contributed by atoms with Crippen molar-refractivity contribution >= 4 is 22.5 Å². The maximum absolute atomic E-state index is 6.04. The van der Waals surface area contributed by atoms with E-state index in [-0.39, 0.29) is 0 Å². The summed E-state index contributed by atoms with van der Waals surface area (Å²) in [6, 6.07) is 16.2. The summed E-state index contributed by atoms with van der Waals surface area (Å²) in [5.41, 5.74) is 2.25. The van der Waals surface area contributed by atoms with E-state index in [1.807, 2.05) is 37.4 Å². The number of hydrogen-bond donors (Lipinski definition) is 0. The molecule has 3 rings (SSSR count). The summed E-state index contributed by atoms with van der Waals surface area (Å²) in [4.78, 5) is 0. The zero-order valence-electron chi connectivity index (χ0n) is 9.47. The molecule has 0 bridgehead atoms. The fraction of sp³-hybridized carbons (Fsp3) is 0.0714. The van der Waals surface area contributed by atoms with Gasteiger partial charge in [0, 0.05) is 5.02 Å². The first-order valence-corrected chi connectivity index (χ1v) is 5.86. The van der Waals surface area contributed by atoms with E-state index < -0.39 is 0 Å². The molecule has 0 radical (unpaired) electrons. The van der Waals surface area contributed by atoms with Crippen LogP contribution in [0.1, 0.15) is 0 Å². The average molecular weight is 244 g/mol. The molecule has 0 amide bonds. The summed E-state index contributed by atoms with van der Waals surface area (Å²) in [6.07, 6.45) is 2.11. The van der Waals surface area contributed by atoms with Gasteiger partial charge in [-0.3, -0.25) is 0 Å². The summed E-state index contributed by atoms with van der Waals surface area (Å²) >= 11 is 6.04. The summed E-state index contributed by atoms with van der Waals surface area (Å²) < 4.78 is 4.21. The number of benzene rings is 2. The van der Waals surface area contributed by atoms with Crippen LogP contribution in [0.5, 0.6) is 0 Å². The second kappa shape index (κ2) is 3.90. The Morgan fingerprint density at radius 3 is 2.71 bits per heavy atom. The summed E-state index contributed by atoms with van der Waals surface area (Å²) in [5, 5.41) is 1.97. The van der Waals surface area contributed by atoms with Crippen molar-refractivity contribution in [2.24, 2.45) is 7.05 Å². The van der Waals surface area contributed by atoms with Gasteiger partial charge in [0.1, 0.15) is 11.2 Å². The molecule has 2 aromatic carbocycles. The van der Waals surface area contributed by atoms with Gasteiger partial charge in [-0.05, 0) is 30.3 Å². The van der Waals surface area contributed by atoms with Crippen LogP contribution in [-0.4, -0.2) is 4.68 Å². The third-order valence-corrected chi connectivity index (χ3v) is 3.09. The molecule has 1 aromatic heterocycles. The van der Waals surface area contributed by atoms with Crippen molar-refractivity contribution in [1.29, 1.82) is 0 Å². The lowest BCUT2D eigenvalue weighted by Gasteiger charge is -2.02. The lowest BCUT2D eigenvalue weighted by molar-refractivity contribution is -0.741. The van der Waals surface area contributed by atoms with Crippen LogP contribution in [-0.2, 0) is 7.05 Å². The van der Waals surface area contributed by atoms with E-state index in [1.165, 1.54) is 10.9 Å². The van der Waals surface area contributed by atoms with Crippen molar-refractivity contribution < 1.29 is 4.68 Å². The first-order chi connectivity index (χ1) is 8.25. The highest BCUT2D eigenvalue weighted by Gasteiger charge is 2.13. The van der Waals surface area contributed by atoms with E-state index in [1.54, 1.807) is 0 Å². The number of aryl methyl sites for hydroxylation is 1. The van der Waals surface area contributed by atoms with E-state index in [2.05, 4.69) is 33.8 Å². The Hall–Kier alpha value is -1.80. The van der Waals surface area contributed by atoms with Gasteiger partial charge in [-0.1, -0.05) is 29.8 Å². The number of rotatable bonds is 1. The molecular formula is C14H12ClN2+. The lowest BCUT2D eigenvalue weighted by atomic mass is 10.2. The van der Waals surface area contributed by atoms with Crippen LogP contribution in [0.2, 0.25) is 5.02 Å². The van der Waals surface area contributed by atoms with Crippen LogP contribution in [0.25, 0.3) is 16.6 Å². The van der Waals surface area contributed by atoms with Gasteiger partial charge in [-0.25, -0.2) is 0 Å². The molecule has 0 saturated heterocycles. The van der Waals surface area contributed by atoms with Crippen LogP contribution in [0.3, 0.4) is 0 Å². The Bertz CT molecular complexity index is 686. The second-order valence-corrected chi connectivity index (χ2v) is 4.49. The third-order valence-electron chi connectivity index (χ3n) is 2.86. The van der Waals surface area contributed by atoms with Crippen LogP contribution in [0.15, 0.2) is 54.7 Å². The smallest absolute Gasteiger partial charge is 0.121 e.